The second-order valence-corrected chi connectivity index (χ2v) is 6.52. The molecule has 3 rings (SSSR count). The minimum atomic E-state index is 0.0259. The predicted molar refractivity (Wildman–Crippen MR) is 99.7 cm³/mol. The smallest absolute Gasteiger partial charge is 0.255 e. The molecule has 26 heavy (non-hydrogen) atoms. The van der Waals surface area contributed by atoms with Crippen molar-refractivity contribution in [2.75, 3.05) is 40.5 Å². The van der Waals surface area contributed by atoms with Gasteiger partial charge in [-0.3, -0.25) is 4.79 Å². The third kappa shape index (κ3) is 3.55. The molecule has 6 nitrogen and oxygen atoms in total. The van der Waals surface area contributed by atoms with Crippen LogP contribution in [0.25, 0.3) is 5.69 Å². The Balaban J connectivity index is 1.87. The number of benzene rings is 1. The van der Waals surface area contributed by atoms with Crippen LogP contribution in [0.1, 0.15) is 28.2 Å². The Morgan fingerprint density at radius 3 is 2.65 bits per heavy atom. The first-order valence-corrected chi connectivity index (χ1v) is 8.86. The van der Waals surface area contributed by atoms with E-state index < -0.39 is 0 Å². The zero-order chi connectivity index (χ0) is 18.7. The number of carbonyl (C=O) groups is 1. The van der Waals surface area contributed by atoms with Crippen LogP contribution in [0.15, 0.2) is 24.3 Å². The highest BCUT2D eigenvalue weighted by molar-refractivity contribution is 5.95. The highest BCUT2D eigenvalue weighted by atomic mass is 16.6. The van der Waals surface area contributed by atoms with E-state index in [2.05, 4.69) is 4.57 Å². The lowest BCUT2D eigenvalue weighted by Gasteiger charge is -2.20. The third-order valence-electron chi connectivity index (χ3n) is 4.63. The maximum Gasteiger partial charge on any atom is 0.255 e. The van der Waals surface area contributed by atoms with E-state index in [4.69, 9.17) is 14.2 Å². The number of aryl methyl sites for hydroxylation is 1. The molecule has 0 unspecified atom stereocenters. The van der Waals surface area contributed by atoms with E-state index in [0.29, 0.717) is 26.4 Å². The molecule has 2 heterocycles. The molecule has 0 bridgehead atoms. The van der Waals surface area contributed by atoms with Gasteiger partial charge in [-0.25, -0.2) is 0 Å². The SMILES string of the molecule is COCCCN(C)C(=O)c1cc(C)n(-c2ccc3c(c2)OCCO3)c1C. The van der Waals surface area contributed by atoms with Gasteiger partial charge in [0.05, 0.1) is 5.56 Å². The number of carbonyl (C=O) groups excluding carboxylic acids is 1. The van der Waals surface area contributed by atoms with Gasteiger partial charge < -0.3 is 23.7 Å². The zero-order valence-corrected chi connectivity index (χ0v) is 15.9. The number of rotatable bonds is 6. The van der Waals surface area contributed by atoms with E-state index in [9.17, 15) is 4.79 Å². The fourth-order valence-electron chi connectivity index (χ4n) is 3.30. The first-order valence-electron chi connectivity index (χ1n) is 8.86. The van der Waals surface area contributed by atoms with Crippen molar-refractivity contribution in [3.63, 3.8) is 0 Å². The van der Waals surface area contributed by atoms with E-state index in [0.717, 1.165) is 40.6 Å². The number of amides is 1. The van der Waals surface area contributed by atoms with Crippen molar-refractivity contribution >= 4 is 5.91 Å². The molecular formula is C20H26N2O4. The second-order valence-electron chi connectivity index (χ2n) is 6.52. The van der Waals surface area contributed by atoms with Crippen molar-refractivity contribution in [1.82, 2.24) is 9.47 Å². The molecule has 0 fully saturated rings. The molecule has 0 aliphatic carbocycles. The van der Waals surface area contributed by atoms with Gasteiger partial charge in [-0.2, -0.15) is 0 Å². The van der Waals surface area contributed by atoms with Gasteiger partial charge in [0.25, 0.3) is 5.91 Å². The van der Waals surface area contributed by atoms with Crippen LogP contribution >= 0.6 is 0 Å². The number of aromatic nitrogens is 1. The topological polar surface area (TPSA) is 52.9 Å². The van der Waals surface area contributed by atoms with E-state index in [-0.39, 0.29) is 5.91 Å². The summed E-state index contributed by atoms with van der Waals surface area (Å²) in [5.74, 6) is 1.53. The van der Waals surface area contributed by atoms with Crippen LogP contribution < -0.4 is 9.47 Å². The maximum atomic E-state index is 12.8. The number of hydrogen-bond acceptors (Lipinski definition) is 4. The minimum absolute atomic E-state index is 0.0259. The summed E-state index contributed by atoms with van der Waals surface area (Å²) in [6, 6.07) is 7.82. The van der Waals surface area contributed by atoms with Crippen molar-refractivity contribution in [2.45, 2.75) is 20.3 Å². The Morgan fingerprint density at radius 2 is 1.92 bits per heavy atom. The Morgan fingerprint density at radius 1 is 1.19 bits per heavy atom. The molecule has 0 N–H and O–H groups in total. The summed E-state index contributed by atoms with van der Waals surface area (Å²) < 4.78 is 18.4. The molecule has 0 radical (unpaired) electrons. The van der Waals surface area contributed by atoms with Crippen LogP contribution in [0.2, 0.25) is 0 Å². The maximum absolute atomic E-state index is 12.8. The van der Waals surface area contributed by atoms with Crippen LogP contribution in [-0.4, -0.2) is 55.9 Å². The molecule has 0 saturated heterocycles. The number of ether oxygens (including phenoxy) is 3. The van der Waals surface area contributed by atoms with Gasteiger partial charge >= 0.3 is 0 Å². The van der Waals surface area contributed by atoms with Gasteiger partial charge in [0.2, 0.25) is 0 Å². The lowest BCUT2D eigenvalue weighted by atomic mass is 10.2. The van der Waals surface area contributed by atoms with Gasteiger partial charge in [-0.05, 0) is 38.5 Å². The molecule has 0 saturated carbocycles. The fourth-order valence-corrected chi connectivity index (χ4v) is 3.30. The standard InChI is InChI=1S/C20H26N2O4/c1-14-12-17(20(23)21(3)8-5-9-24-4)15(2)22(14)16-6-7-18-19(13-16)26-11-10-25-18/h6-7,12-13H,5,8-11H2,1-4H3. The van der Waals surface area contributed by atoms with E-state index in [1.807, 2.05) is 45.2 Å². The quantitative estimate of drug-likeness (QED) is 0.745. The van der Waals surface area contributed by atoms with Gasteiger partial charge in [-0.1, -0.05) is 0 Å². The average Bonchev–Trinajstić information content (AvgIpc) is 2.95. The molecule has 1 aromatic carbocycles. The normalized spacial score (nSPS) is 12.9. The summed E-state index contributed by atoms with van der Waals surface area (Å²) in [6.07, 6.45) is 0.819. The Kier molecular flexibility index (Phi) is 5.52. The number of hydrogen-bond donors (Lipinski definition) is 0. The largest absolute Gasteiger partial charge is 0.486 e. The van der Waals surface area contributed by atoms with Gasteiger partial charge in [0.15, 0.2) is 11.5 Å². The highest BCUT2D eigenvalue weighted by Crippen LogP contribution is 2.33. The molecular weight excluding hydrogens is 332 g/mol. The zero-order valence-electron chi connectivity index (χ0n) is 15.9. The van der Waals surface area contributed by atoms with Gasteiger partial charge in [0, 0.05) is 50.5 Å². The molecule has 1 aliphatic heterocycles. The molecule has 1 aliphatic rings. The van der Waals surface area contributed by atoms with Crippen LogP contribution in [0.5, 0.6) is 11.5 Å². The van der Waals surface area contributed by atoms with Crippen LogP contribution in [0.3, 0.4) is 0 Å². The van der Waals surface area contributed by atoms with Gasteiger partial charge in [-0.15, -0.1) is 0 Å². The fraction of sp³-hybridized carbons (Fsp3) is 0.450. The van der Waals surface area contributed by atoms with E-state index >= 15 is 0 Å². The van der Waals surface area contributed by atoms with Crippen molar-refractivity contribution in [1.29, 1.82) is 0 Å². The van der Waals surface area contributed by atoms with Crippen molar-refractivity contribution in [3.8, 4) is 17.2 Å². The molecule has 1 amide bonds. The van der Waals surface area contributed by atoms with Crippen LogP contribution in [0.4, 0.5) is 0 Å². The average molecular weight is 358 g/mol. The number of nitrogens with zero attached hydrogens (tertiary/aromatic N) is 2. The summed E-state index contributed by atoms with van der Waals surface area (Å²) in [5.41, 5.74) is 3.61. The molecule has 2 aromatic rings. The summed E-state index contributed by atoms with van der Waals surface area (Å²) in [5, 5.41) is 0. The summed E-state index contributed by atoms with van der Waals surface area (Å²) in [7, 11) is 3.50. The highest BCUT2D eigenvalue weighted by Gasteiger charge is 2.21. The number of fused-ring (bicyclic) bond motifs is 1. The molecule has 1 aromatic heterocycles. The molecule has 0 spiro atoms. The summed E-state index contributed by atoms with van der Waals surface area (Å²) in [6.45, 7) is 6.41. The van der Waals surface area contributed by atoms with Crippen molar-refractivity contribution < 1.29 is 19.0 Å². The van der Waals surface area contributed by atoms with Crippen LogP contribution in [0, 0.1) is 13.8 Å². The lowest BCUT2D eigenvalue weighted by molar-refractivity contribution is 0.0778. The summed E-state index contributed by atoms with van der Waals surface area (Å²) in [4.78, 5) is 14.6. The Labute approximate surface area is 154 Å². The molecule has 140 valence electrons. The monoisotopic (exact) mass is 358 g/mol. The van der Waals surface area contributed by atoms with Crippen LogP contribution in [-0.2, 0) is 4.74 Å². The van der Waals surface area contributed by atoms with Gasteiger partial charge in [0.1, 0.15) is 13.2 Å². The first-order chi connectivity index (χ1) is 12.5. The Hall–Kier alpha value is -2.47. The second kappa shape index (κ2) is 7.83. The lowest BCUT2D eigenvalue weighted by Crippen LogP contribution is -2.28. The molecule has 0 atom stereocenters. The minimum Gasteiger partial charge on any atom is -0.486 e. The molecule has 6 heteroatoms. The van der Waals surface area contributed by atoms with Crippen molar-refractivity contribution in [3.05, 3.63) is 41.2 Å². The van der Waals surface area contributed by atoms with E-state index in [1.54, 1.807) is 12.0 Å². The van der Waals surface area contributed by atoms with E-state index in [1.165, 1.54) is 0 Å². The summed E-state index contributed by atoms with van der Waals surface area (Å²) >= 11 is 0. The number of methoxy groups -OCH3 is 1. The predicted octanol–water partition coefficient (Wildman–Crippen LogP) is 2.97. The first kappa shape index (κ1) is 18.3. The van der Waals surface area contributed by atoms with Crippen molar-refractivity contribution in [2.24, 2.45) is 0 Å². The Bertz CT molecular complexity index is 797. The third-order valence-corrected chi connectivity index (χ3v) is 4.63.